The van der Waals surface area contributed by atoms with Crippen LogP contribution in [0, 0.1) is 29.1 Å². The van der Waals surface area contributed by atoms with Gasteiger partial charge in [-0.15, -0.1) is 0 Å². The monoisotopic (exact) mass is 486 g/mol. The Kier molecular flexibility index (Phi) is 4.93. The lowest BCUT2D eigenvalue weighted by Gasteiger charge is -2.37. The summed E-state index contributed by atoms with van der Waals surface area (Å²) in [6.45, 7) is 1.14. The SMILES string of the molecule is CN1C(=O)c2c(n(C)c3ccccc23)C(C)(CS(=O)(=O)c2c(F)c(F)c(F)c(F)c2F)C1=O. The number of imide groups is 1. The van der Waals surface area contributed by atoms with Crippen LogP contribution in [0.4, 0.5) is 22.0 Å². The molecule has 0 fully saturated rings. The first-order valence-electron chi connectivity index (χ1n) is 9.40. The molecule has 0 bridgehead atoms. The maximum atomic E-state index is 14.3. The molecule has 0 saturated carbocycles. The molecule has 1 aliphatic rings. The van der Waals surface area contributed by atoms with Gasteiger partial charge >= 0.3 is 0 Å². The number of rotatable bonds is 3. The Morgan fingerprint density at radius 3 is 1.97 bits per heavy atom. The van der Waals surface area contributed by atoms with E-state index in [1.165, 1.54) is 11.6 Å². The molecule has 0 spiro atoms. The lowest BCUT2D eigenvalue weighted by atomic mass is 9.81. The van der Waals surface area contributed by atoms with Crippen molar-refractivity contribution >= 4 is 32.6 Å². The Balaban J connectivity index is 2.01. The van der Waals surface area contributed by atoms with Crippen molar-refractivity contribution in [1.29, 1.82) is 0 Å². The summed E-state index contributed by atoms with van der Waals surface area (Å²) in [6.07, 6.45) is 0. The summed E-state index contributed by atoms with van der Waals surface area (Å²) in [5.74, 6) is -15.5. The maximum Gasteiger partial charge on any atom is 0.262 e. The fraction of sp³-hybridized carbons (Fsp3) is 0.238. The van der Waals surface area contributed by atoms with Crippen molar-refractivity contribution in [3.05, 3.63) is 64.6 Å². The number of likely N-dealkylation sites (N-methyl/N-ethyl adjacent to an activating group) is 1. The number of aromatic nitrogens is 1. The molecule has 1 aliphatic heterocycles. The molecule has 2 heterocycles. The quantitative estimate of drug-likeness (QED) is 0.187. The highest BCUT2D eigenvalue weighted by Crippen LogP contribution is 2.42. The Labute approximate surface area is 184 Å². The van der Waals surface area contributed by atoms with Crippen LogP contribution < -0.4 is 0 Å². The van der Waals surface area contributed by atoms with Crippen LogP contribution in [0.2, 0.25) is 0 Å². The molecular formula is C21H15F5N2O4S. The van der Waals surface area contributed by atoms with Crippen molar-refractivity contribution in [2.75, 3.05) is 12.8 Å². The third-order valence-corrected chi connectivity index (χ3v) is 7.82. The number of sulfone groups is 1. The van der Waals surface area contributed by atoms with Gasteiger partial charge in [0.25, 0.3) is 5.91 Å². The van der Waals surface area contributed by atoms with Crippen molar-refractivity contribution in [2.24, 2.45) is 7.05 Å². The molecule has 33 heavy (non-hydrogen) atoms. The minimum atomic E-state index is -5.28. The van der Waals surface area contributed by atoms with Crippen molar-refractivity contribution in [2.45, 2.75) is 17.2 Å². The van der Waals surface area contributed by atoms with Crippen LogP contribution >= 0.6 is 0 Å². The summed E-state index contributed by atoms with van der Waals surface area (Å²) in [4.78, 5) is 24.7. The van der Waals surface area contributed by atoms with E-state index < -0.39 is 66.8 Å². The largest absolute Gasteiger partial charge is 0.346 e. The summed E-state index contributed by atoms with van der Waals surface area (Å²) in [5, 5.41) is 0.402. The van der Waals surface area contributed by atoms with Crippen LogP contribution in [0.25, 0.3) is 10.9 Å². The van der Waals surface area contributed by atoms with Crippen LogP contribution in [-0.4, -0.2) is 42.5 Å². The molecule has 0 aliphatic carbocycles. The first-order valence-corrected chi connectivity index (χ1v) is 11.1. The number of halogens is 5. The van der Waals surface area contributed by atoms with Crippen LogP contribution in [0.3, 0.4) is 0 Å². The number of hydrogen-bond acceptors (Lipinski definition) is 4. The molecular weight excluding hydrogens is 471 g/mol. The third-order valence-electron chi connectivity index (χ3n) is 5.88. The number of carbonyl (C=O) groups excluding carboxylic acids is 2. The zero-order valence-corrected chi connectivity index (χ0v) is 18.2. The van der Waals surface area contributed by atoms with Crippen molar-refractivity contribution in [3.8, 4) is 0 Å². The number of fused-ring (bicyclic) bond motifs is 3. The number of amides is 2. The summed E-state index contributed by atoms with van der Waals surface area (Å²) in [5.41, 5.74) is -1.67. The van der Waals surface area contributed by atoms with E-state index in [-0.39, 0.29) is 11.3 Å². The molecule has 0 radical (unpaired) electrons. The molecule has 2 aromatic carbocycles. The van der Waals surface area contributed by atoms with Crippen LogP contribution in [0.5, 0.6) is 0 Å². The molecule has 1 aromatic heterocycles. The fourth-order valence-electron chi connectivity index (χ4n) is 4.43. The fourth-order valence-corrected chi connectivity index (χ4v) is 6.32. The first-order chi connectivity index (χ1) is 15.3. The summed E-state index contributed by atoms with van der Waals surface area (Å²) < 4.78 is 96.9. The van der Waals surface area contributed by atoms with Crippen molar-refractivity contribution in [3.63, 3.8) is 0 Å². The molecule has 2 amide bonds. The standard InChI is InChI=1S/C21H15F5N2O4S/c1-21(8-33(31,32)17-15(25)13(23)12(22)14(24)16(17)26)18-11(19(29)28(3)20(21)30)9-6-4-5-7-10(9)27(18)2/h4-7H,8H2,1-3H3. The molecule has 6 nitrogen and oxygen atoms in total. The lowest BCUT2D eigenvalue weighted by Crippen LogP contribution is -2.55. The van der Waals surface area contributed by atoms with Crippen molar-refractivity contribution in [1.82, 2.24) is 9.47 Å². The van der Waals surface area contributed by atoms with E-state index in [2.05, 4.69) is 0 Å². The highest BCUT2D eigenvalue weighted by atomic mass is 32.2. The van der Waals surface area contributed by atoms with Gasteiger partial charge in [0.2, 0.25) is 11.7 Å². The van der Waals surface area contributed by atoms with E-state index in [1.54, 1.807) is 24.3 Å². The third kappa shape index (κ3) is 2.93. The summed E-state index contributed by atoms with van der Waals surface area (Å²) in [7, 11) is -2.70. The van der Waals surface area contributed by atoms with Gasteiger partial charge in [-0.25, -0.2) is 30.4 Å². The van der Waals surface area contributed by atoms with E-state index >= 15 is 0 Å². The smallest absolute Gasteiger partial charge is 0.262 e. The van der Waals surface area contributed by atoms with Gasteiger partial charge < -0.3 is 4.57 Å². The molecule has 174 valence electrons. The second-order valence-electron chi connectivity index (χ2n) is 7.96. The van der Waals surface area contributed by atoms with E-state index in [9.17, 15) is 40.0 Å². The summed E-state index contributed by atoms with van der Waals surface area (Å²) in [6, 6.07) is 6.46. The molecule has 1 atom stereocenters. The van der Waals surface area contributed by atoms with Gasteiger partial charge in [0, 0.05) is 30.7 Å². The van der Waals surface area contributed by atoms with Crippen LogP contribution in [0.1, 0.15) is 23.0 Å². The van der Waals surface area contributed by atoms with E-state index in [0.717, 1.165) is 14.0 Å². The van der Waals surface area contributed by atoms with E-state index in [4.69, 9.17) is 0 Å². The predicted octanol–water partition coefficient (Wildman–Crippen LogP) is 3.22. The highest BCUT2D eigenvalue weighted by molar-refractivity contribution is 7.91. The first kappa shape index (κ1) is 22.9. The Hall–Kier alpha value is -3.28. The van der Waals surface area contributed by atoms with Gasteiger partial charge in [-0.1, -0.05) is 18.2 Å². The highest BCUT2D eigenvalue weighted by Gasteiger charge is 2.52. The van der Waals surface area contributed by atoms with E-state index in [0.29, 0.717) is 15.8 Å². The maximum absolute atomic E-state index is 14.3. The number of nitrogens with zero attached hydrogens (tertiary/aromatic N) is 2. The van der Waals surface area contributed by atoms with Gasteiger partial charge in [-0.2, -0.15) is 0 Å². The number of para-hydroxylation sites is 1. The van der Waals surface area contributed by atoms with Crippen molar-refractivity contribution < 1.29 is 40.0 Å². The minimum absolute atomic E-state index is 0.00492. The van der Waals surface area contributed by atoms with Gasteiger partial charge in [-0.3, -0.25) is 14.5 Å². The Morgan fingerprint density at radius 1 is 0.879 bits per heavy atom. The van der Waals surface area contributed by atoms with Gasteiger partial charge in [0.15, 0.2) is 33.1 Å². The van der Waals surface area contributed by atoms with Gasteiger partial charge in [-0.05, 0) is 13.0 Å². The molecule has 1 unspecified atom stereocenters. The predicted molar refractivity (Wildman–Crippen MR) is 106 cm³/mol. The van der Waals surface area contributed by atoms with E-state index in [1.807, 2.05) is 0 Å². The molecule has 0 saturated heterocycles. The number of aryl methyl sites for hydroxylation is 1. The Morgan fingerprint density at radius 2 is 1.39 bits per heavy atom. The Bertz CT molecular complexity index is 1470. The van der Waals surface area contributed by atoms with Gasteiger partial charge in [0.05, 0.1) is 11.3 Å². The number of hydrogen-bond donors (Lipinski definition) is 0. The molecule has 3 aromatic rings. The topological polar surface area (TPSA) is 76.5 Å². The zero-order valence-electron chi connectivity index (χ0n) is 17.3. The average molecular weight is 486 g/mol. The molecule has 0 N–H and O–H groups in total. The number of carbonyl (C=O) groups is 2. The second kappa shape index (κ2) is 7.11. The van der Waals surface area contributed by atoms with Crippen LogP contribution in [0.15, 0.2) is 29.2 Å². The number of benzene rings is 2. The molecule has 12 heteroatoms. The molecule has 4 rings (SSSR count). The zero-order chi connectivity index (χ0) is 24.6. The minimum Gasteiger partial charge on any atom is -0.346 e. The lowest BCUT2D eigenvalue weighted by molar-refractivity contribution is -0.133. The van der Waals surface area contributed by atoms with Crippen LogP contribution in [-0.2, 0) is 27.1 Å². The van der Waals surface area contributed by atoms with Gasteiger partial charge in [0.1, 0.15) is 10.3 Å². The summed E-state index contributed by atoms with van der Waals surface area (Å²) >= 11 is 0. The second-order valence-corrected chi connectivity index (χ2v) is 9.89. The normalized spacial score (nSPS) is 18.8. The average Bonchev–Trinajstić information content (AvgIpc) is 3.07.